The molecule has 1 amide bonds. The molecule has 0 saturated carbocycles. The second kappa shape index (κ2) is 5.95. The minimum atomic E-state index is -0.0766. The van der Waals surface area contributed by atoms with Crippen molar-refractivity contribution in [1.82, 2.24) is 9.88 Å². The third kappa shape index (κ3) is 3.00. The van der Waals surface area contributed by atoms with Gasteiger partial charge in [-0.3, -0.25) is 4.79 Å². The van der Waals surface area contributed by atoms with Crippen molar-refractivity contribution in [2.75, 3.05) is 7.05 Å². The minimum absolute atomic E-state index is 0.0109. The minimum Gasteiger partial charge on any atom is -0.334 e. The van der Waals surface area contributed by atoms with Crippen molar-refractivity contribution >= 4 is 17.2 Å². The summed E-state index contributed by atoms with van der Waals surface area (Å²) in [6, 6.07) is 9.95. The Morgan fingerprint density at radius 3 is 2.68 bits per heavy atom. The molecular formula is C14H17N3OS. The Morgan fingerprint density at radius 2 is 2.11 bits per heavy atom. The van der Waals surface area contributed by atoms with Crippen LogP contribution in [0.25, 0.3) is 0 Å². The van der Waals surface area contributed by atoms with Gasteiger partial charge in [0, 0.05) is 19.0 Å². The maximum absolute atomic E-state index is 12.3. The van der Waals surface area contributed by atoms with Crippen LogP contribution in [0.2, 0.25) is 0 Å². The van der Waals surface area contributed by atoms with Gasteiger partial charge in [0.25, 0.3) is 5.91 Å². The van der Waals surface area contributed by atoms with Gasteiger partial charge in [0.05, 0.1) is 6.04 Å². The lowest BCUT2D eigenvalue weighted by atomic mass is 10.1. The van der Waals surface area contributed by atoms with Crippen molar-refractivity contribution in [1.29, 1.82) is 0 Å². The first kappa shape index (κ1) is 13.7. The lowest BCUT2D eigenvalue weighted by molar-refractivity contribution is 0.0737. The highest BCUT2D eigenvalue weighted by molar-refractivity contribution is 7.09. The van der Waals surface area contributed by atoms with E-state index in [1.54, 1.807) is 17.3 Å². The summed E-state index contributed by atoms with van der Waals surface area (Å²) in [5, 5.41) is 2.54. The lowest BCUT2D eigenvalue weighted by Crippen LogP contribution is -2.29. The molecule has 100 valence electrons. The van der Waals surface area contributed by atoms with E-state index in [2.05, 4.69) is 4.98 Å². The lowest BCUT2D eigenvalue weighted by Gasteiger charge is -2.24. The Labute approximate surface area is 116 Å². The first-order valence-corrected chi connectivity index (χ1v) is 6.98. The SMILES string of the molecule is CC(c1ccccc1)N(C)C(=O)c1csc(CN)n1. The number of hydrogen-bond donors (Lipinski definition) is 1. The van der Waals surface area contributed by atoms with Crippen LogP contribution in [-0.4, -0.2) is 22.8 Å². The van der Waals surface area contributed by atoms with Gasteiger partial charge in [0.1, 0.15) is 10.7 Å². The van der Waals surface area contributed by atoms with Crippen LogP contribution in [0.4, 0.5) is 0 Å². The summed E-state index contributed by atoms with van der Waals surface area (Å²) in [6.07, 6.45) is 0. The molecule has 0 spiro atoms. The van der Waals surface area contributed by atoms with Crippen molar-refractivity contribution < 1.29 is 4.79 Å². The predicted molar refractivity (Wildman–Crippen MR) is 77.0 cm³/mol. The van der Waals surface area contributed by atoms with Crippen molar-refractivity contribution in [3.8, 4) is 0 Å². The molecule has 2 N–H and O–H groups in total. The van der Waals surface area contributed by atoms with Crippen molar-refractivity contribution in [2.24, 2.45) is 5.73 Å². The maximum atomic E-state index is 12.3. The Hall–Kier alpha value is -1.72. The summed E-state index contributed by atoms with van der Waals surface area (Å²) in [7, 11) is 1.79. The average Bonchev–Trinajstić information content (AvgIpc) is 2.94. The number of aromatic nitrogens is 1. The van der Waals surface area contributed by atoms with Gasteiger partial charge in [-0.25, -0.2) is 4.98 Å². The molecule has 0 fully saturated rings. The van der Waals surface area contributed by atoms with Gasteiger partial charge < -0.3 is 10.6 Å². The Kier molecular flexibility index (Phi) is 4.29. The van der Waals surface area contributed by atoms with Gasteiger partial charge in [-0.1, -0.05) is 30.3 Å². The Morgan fingerprint density at radius 1 is 1.42 bits per heavy atom. The topological polar surface area (TPSA) is 59.2 Å². The summed E-state index contributed by atoms with van der Waals surface area (Å²) in [4.78, 5) is 18.2. The van der Waals surface area contributed by atoms with Crippen LogP contribution in [0.3, 0.4) is 0 Å². The molecule has 2 aromatic rings. The Balaban J connectivity index is 2.15. The molecule has 19 heavy (non-hydrogen) atoms. The molecule has 0 aliphatic rings. The van der Waals surface area contributed by atoms with Crippen LogP contribution in [-0.2, 0) is 6.54 Å². The monoisotopic (exact) mass is 275 g/mol. The van der Waals surface area contributed by atoms with E-state index in [-0.39, 0.29) is 11.9 Å². The molecule has 0 bridgehead atoms. The van der Waals surface area contributed by atoms with E-state index in [4.69, 9.17) is 5.73 Å². The normalized spacial score (nSPS) is 12.2. The highest BCUT2D eigenvalue weighted by Gasteiger charge is 2.20. The van der Waals surface area contributed by atoms with Gasteiger partial charge in [0.15, 0.2) is 0 Å². The van der Waals surface area contributed by atoms with Gasteiger partial charge in [-0.15, -0.1) is 11.3 Å². The number of rotatable bonds is 4. The first-order chi connectivity index (χ1) is 9.13. The summed E-state index contributed by atoms with van der Waals surface area (Å²) in [5.74, 6) is -0.0766. The van der Waals surface area contributed by atoms with E-state index in [0.717, 1.165) is 10.6 Å². The van der Waals surface area contributed by atoms with Crippen LogP contribution in [0.5, 0.6) is 0 Å². The molecule has 0 aliphatic carbocycles. The maximum Gasteiger partial charge on any atom is 0.273 e. The average molecular weight is 275 g/mol. The van der Waals surface area contributed by atoms with Gasteiger partial charge in [0.2, 0.25) is 0 Å². The van der Waals surface area contributed by atoms with E-state index < -0.39 is 0 Å². The number of thiazole rings is 1. The van der Waals surface area contributed by atoms with E-state index in [9.17, 15) is 4.79 Å². The second-order valence-corrected chi connectivity index (χ2v) is 5.28. The standard InChI is InChI=1S/C14H17N3OS/c1-10(11-6-4-3-5-7-11)17(2)14(18)12-9-19-13(8-15)16-12/h3-7,9-10H,8,15H2,1-2H3. The fourth-order valence-electron chi connectivity index (χ4n) is 1.81. The third-order valence-corrected chi connectivity index (χ3v) is 4.00. The van der Waals surface area contributed by atoms with Crippen LogP contribution in [0.1, 0.15) is 34.0 Å². The third-order valence-electron chi connectivity index (χ3n) is 3.13. The largest absolute Gasteiger partial charge is 0.334 e. The molecule has 1 unspecified atom stereocenters. The number of nitrogens with zero attached hydrogens (tertiary/aromatic N) is 2. The summed E-state index contributed by atoms with van der Waals surface area (Å²) < 4.78 is 0. The van der Waals surface area contributed by atoms with Gasteiger partial charge in [-0.05, 0) is 12.5 Å². The second-order valence-electron chi connectivity index (χ2n) is 4.33. The van der Waals surface area contributed by atoms with Crippen molar-refractivity contribution in [3.63, 3.8) is 0 Å². The zero-order valence-electron chi connectivity index (χ0n) is 11.0. The smallest absolute Gasteiger partial charge is 0.273 e. The van der Waals surface area contributed by atoms with Crippen LogP contribution in [0.15, 0.2) is 35.7 Å². The fraction of sp³-hybridized carbons (Fsp3) is 0.286. The fourth-order valence-corrected chi connectivity index (χ4v) is 2.46. The first-order valence-electron chi connectivity index (χ1n) is 6.10. The molecule has 2 rings (SSSR count). The summed E-state index contributed by atoms with van der Waals surface area (Å²) in [5.41, 5.74) is 7.09. The Bertz CT molecular complexity index is 553. The molecule has 0 saturated heterocycles. The highest BCUT2D eigenvalue weighted by atomic mass is 32.1. The van der Waals surface area contributed by atoms with Gasteiger partial charge in [-0.2, -0.15) is 0 Å². The molecule has 1 atom stereocenters. The molecule has 1 aromatic carbocycles. The van der Waals surface area contributed by atoms with Crippen LogP contribution >= 0.6 is 11.3 Å². The molecule has 1 aromatic heterocycles. The van der Waals surface area contributed by atoms with Crippen LogP contribution < -0.4 is 5.73 Å². The number of carbonyl (C=O) groups excluding carboxylic acids is 1. The number of benzene rings is 1. The summed E-state index contributed by atoms with van der Waals surface area (Å²) >= 11 is 1.42. The quantitative estimate of drug-likeness (QED) is 0.932. The van der Waals surface area contributed by atoms with Crippen molar-refractivity contribution in [2.45, 2.75) is 19.5 Å². The van der Waals surface area contributed by atoms with Crippen molar-refractivity contribution in [3.05, 3.63) is 52.0 Å². The molecule has 4 nitrogen and oxygen atoms in total. The molecule has 1 heterocycles. The zero-order valence-corrected chi connectivity index (χ0v) is 11.9. The summed E-state index contributed by atoms with van der Waals surface area (Å²) in [6.45, 7) is 2.37. The van der Waals surface area contributed by atoms with Crippen LogP contribution in [0, 0.1) is 0 Å². The predicted octanol–water partition coefficient (Wildman–Crippen LogP) is 2.44. The van der Waals surface area contributed by atoms with Gasteiger partial charge >= 0.3 is 0 Å². The number of hydrogen-bond acceptors (Lipinski definition) is 4. The van der Waals surface area contributed by atoms with E-state index in [1.165, 1.54) is 11.3 Å². The number of amides is 1. The molecule has 0 aliphatic heterocycles. The van der Waals surface area contributed by atoms with E-state index >= 15 is 0 Å². The number of carbonyl (C=O) groups is 1. The molecule has 0 radical (unpaired) electrons. The number of nitrogens with two attached hydrogens (primary N) is 1. The van der Waals surface area contributed by atoms with E-state index in [0.29, 0.717) is 12.2 Å². The molecular weight excluding hydrogens is 258 g/mol. The van der Waals surface area contributed by atoms with E-state index in [1.807, 2.05) is 37.3 Å². The highest BCUT2D eigenvalue weighted by Crippen LogP contribution is 2.21. The molecule has 5 heteroatoms. The zero-order chi connectivity index (χ0) is 13.8.